The minimum atomic E-state index is -0.0649. The standard InChI is InChI=1S/C10H17NO/c1-2-8-11-10(9-12)6-4-3-5-7-10/h1,11-12H,3-9H2. The summed E-state index contributed by atoms with van der Waals surface area (Å²) in [5.41, 5.74) is -0.0649. The molecule has 0 amide bonds. The predicted molar refractivity (Wildman–Crippen MR) is 49.7 cm³/mol. The summed E-state index contributed by atoms with van der Waals surface area (Å²) in [5, 5.41) is 12.5. The fourth-order valence-corrected chi connectivity index (χ4v) is 1.86. The van der Waals surface area contributed by atoms with Gasteiger partial charge in [0.25, 0.3) is 0 Å². The Hall–Kier alpha value is -0.520. The molecule has 12 heavy (non-hydrogen) atoms. The van der Waals surface area contributed by atoms with E-state index in [9.17, 15) is 5.11 Å². The Balaban J connectivity index is 2.43. The molecule has 0 aromatic heterocycles. The van der Waals surface area contributed by atoms with Gasteiger partial charge >= 0.3 is 0 Å². The van der Waals surface area contributed by atoms with E-state index in [2.05, 4.69) is 11.2 Å². The maximum absolute atomic E-state index is 9.24. The van der Waals surface area contributed by atoms with E-state index in [4.69, 9.17) is 6.42 Å². The molecule has 2 nitrogen and oxygen atoms in total. The van der Waals surface area contributed by atoms with Gasteiger partial charge in [-0.05, 0) is 12.8 Å². The van der Waals surface area contributed by atoms with Gasteiger partial charge < -0.3 is 5.11 Å². The number of aliphatic hydroxyl groups excluding tert-OH is 1. The van der Waals surface area contributed by atoms with Crippen LogP contribution in [0.25, 0.3) is 0 Å². The van der Waals surface area contributed by atoms with Crippen LogP contribution in [0.5, 0.6) is 0 Å². The lowest BCUT2D eigenvalue weighted by atomic mass is 9.82. The normalized spacial score (nSPS) is 21.7. The third-order valence-electron chi connectivity index (χ3n) is 2.68. The number of rotatable bonds is 3. The summed E-state index contributed by atoms with van der Waals surface area (Å²) >= 11 is 0. The molecule has 2 N–H and O–H groups in total. The van der Waals surface area contributed by atoms with Crippen molar-refractivity contribution < 1.29 is 5.11 Å². The zero-order valence-electron chi connectivity index (χ0n) is 7.47. The molecule has 1 fully saturated rings. The monoisotopic (exact) mass is 167 g/mol. The molecular formula is C10H17NO. The van der Waals surface area contributed by atoms with Gasteiger partial charge in [0.2, 0.25) is 0 Å². The van der Waals surface area contributed by atoms with Crippen LogP contribution in [-0.2, 0) is 0 Å². The smallest absolute Gasteiger partial charge is 0.0613 e. The van der Waals surface area contributed by atoms with E-state index in [0.717, 1.165) is 12.8 Å². The quantitative estimate of drug-likeness (QED) is 0.612. The maximum Gasteiger partial charge on any atom is 0.0613 e. The van der Waals surface area contributed by atoms with Gasteiger partial charge in [0.1, 0.15) is 0 Å². The molecule has 1 saturated carbocycles. The van der Waals surface area contributed by atoms with Crippen LogP contribution >= 0.6 is 0 Å². The molecule has 0 aliphatic heterocycles. The van der Waals surface area contributed by atoms with Crippen molar-refractivity contribution in [3.63, 3.8) is 0 Å². The van der Waals surface area contributed by atoms with Crippen molar-refractivity contribution in [2.75, 3.05) is 13.2 Å². The Morgan fingerprint density at radius 1 is 1.33 bits per heavy atom. The molecule has 0 heterocycles. The first-order valence-electron chi connectivity index (χ1n) is 4.62. The van der Waals surface area contributed by atoms with Crippen molar-refractivity contribution in [3.8, 4) is 12.3 Å². The van der Waals surface area contributed by atoms with E-state index in [1.54, 1.807) is 0 Å². The molecule has 68 valence electrons. The maximum atomic E-state index is 9.24. The number of nitrogens with one attached hydrogen (secondary N) is 1. The van der Waals surface area contributed by atoms with E-state index in [-0.39, 0.29) is 12.1 Å². The first-order chi connectivity index (χ1) is 5.83. The van der Waals surface area contributed by atoms with Gasteiger partial charge in [-0.3, -0.25) is 5.32 Å². The second-order valence-electron chi connectivity index (χ2n) is 3.56. The van der Waals surface area contributed by atoms with Gasteiger partial charge in [-0.15, -0.1) is 6.42 Å². The molecular weight excluding hydrogens is 150 g/mol. The third-order valence-corrected chi connectivity index (χ3v) is 2.68. The zero-order chi connectivity index (χ0) is 8.86. The second-order valence-corrected chi connectivity index (χ2v) is 3.56. The van der Waals surface area contributed by atoms with Crippen molar-refractivity contribution in [1.82, 2.24) is 5.32 Å². The lowest BCUT2D eigenvalue weighted by Gasteiger charge is -2.36. The number of terminal acetylenes is 1. The Morgan fingerprint density at radius 2 is 2.00 bits per heavy atom. The number of hydrogen-bond donors (Lipinski definition) is 2. The van der Waals surface area contributed by atoms with Crippen LogP contribution in [-0.4, -0.2) is 23.8 Å². The van der Waals surface area contributed by atoms with Crippen LogP contribution in [0.15, 0.2) is 0 Å². The van der Waals surface area contributed by atoms with Crippen LogP contribution < -0.4 is 5.32 Å². The topological polar surface area (TPSA) is 32.3 Å². The summed E-state index contributed by atoms with van der Waals surface area (Å²) < 4.78 is 0. The highest BCUT2D eigenvalue weighted by Gasteiger charge is 2.29. The predicted octanol–water partition coefficient (Wildman–Crippen LogP) is 0.904. The van der Waals surface area contributed by atoms with Crippen molar-refractivity contribution >= 4 is 0 Å². The van der Waals surface area contributed by atoms with Gasteiger partial charge in [-0.1, -0.05) is 25.2 Å². The second kappa shape index (κ2) is 4.49. The van der Waals surface area contributed by atoms with Gasteiger partial charge in [0.15, 0.2) is 0 Å². The SMILES string of the molecule is C#CCNC1(CO)CCCCC1. The minimum Gasteiger partial charge on any atom is -0.394 e. The Labute approximate surface area is 74.4 Å². The molecule has 0 bridgehead atoms. The Kier molecular flexibility index (Phi) is 3.58. The minimum absolute atomic E-state index is 0.0649. The molecule has 1 rings (SSSR count). The van der Waals surface area contributed by atoms with Gasteiger partial charge in [0.05, 0.1) is 13.2 Å². The van der Waals surface area contributed by atoms with Crippen LogP contribution in [0.3, 0.4) is 0 Å². The summed E-state index contributed by atoms with van der Waals surface area (Å²) in [6, 6.07) is 0. The largest absolute Gasteiger partial charge is 0.394 e. The van der Waals surface area contributed by atoms with E-state index < -0.39 is 0 Å². The van der Waals surface area contributed by atoms with Crippen LogP contribution in [0.4, 0.5) is 0 Å². The Bertz CT molecular complexity index is 165. The molecule has 1 aliphatic rings. The van der Waals surface area contributed by atoms with Crippen molar-refractivity contribution in [1.29, 1.82) is 0 Å². The average molecular weight is 167 g/mol. The van der Waals surface area contributed by atoms with Gasteiger partial charge in [0, 0.05) is 5.54 Å². The fourth-order valence-electron chi connectivity index (χ4n) is 1.86. The van der Waals surface area contributed by atoms with Crippen molar-refractivity contribution in [3.05, 3.63) is 0 Å². The highest BCUT2D eigenvalue weighted by atomic mass is 16.3. The summed E-state index contributed by atoms with van der Waals surface area (Å²) in [4.78, 5) is 0. The third kappa shape index (κ3) is 2.23. The lowest BCUT2D eigenvalue weighted by molar-refractivity contribution is 0.125. The molecule has 2 heteroatoms. The lowest BCUT2D eigenvalue weighted by Crippen LogP contribution is -2.49. The number of hydrogen-bond acceptors (Lipinski definition) is 2. The molecule has 0 spiro atoms. The average Bonchev–Trinajstić information content (AvgIpc) is 2.16. The number of aliphatic hydroxyl groups is 1. The van der Waals surface area contributed by atoms with Crippen molar-refractivity contribution in [2.45, 2.75) is 37.6 Å². The summed E-state index contributed by atoms with van der Waals surface area (Å²) in [6.07, 6.45) is 11.0. The van der Waals surface area contributed by atoms with E-state index in [0.29, 0.717) is 6.54 Å². The molecule has 0 radical (unpaired) electrons. The fraction of sp³-hybridized carbons (Fsp3) is 0.800. The van der Waals surface area contributed by atoms with Gasteiger partial charge in [-0.25, -0.2) is 0 Å². The van der Waals surface area contributed by atoms with E-state index in [1.165, 1.54) is 19.3 Å². The molecule has 0 unspecified atom stereocenters. The van der Waals surface area contributed by atoms with Crippen LogP contribution in [0, 0.1) is 12.3 Å². The molecule has 0 atom stereocenters. The highest BCUT2D eigenvalue weighted by Crippen LogP contribution is 2.27. The first kappa shape index (κ1) is 9.57. The highest BCUT2D eigenvalue weighted by molar-refractivity contribution is 4.96. The zero-order valence-corrected chi connectivity index (χ0v) is 7.47. The molecule has 0 saturated heterocycles. The van der Waals surface area contributed by atoms with E-state index >= 15 is 0 Å². The van der Waals surface area contributed by atoms with Crippen LogP contribution in [0.1, 0.15) is 32.1 Å². The molecule has 0 aromatic rings. The molecule has 1 aliphatic carbocycles. The van der Waals surface area contributed by atoms with Crippen LogP contribution in [0.2, 0.25) is 0 Å². The Morgan fingerprint density at radius 3 is 2.50 bits per heavy atom. The van der Waals surface area contributed by atoms with Crippen molar-refractivity contribution in [2.24, 2.45) is 0 Å². The van der Waals surface area contributed by atoms with Gasteiger partial charge in [-0.2, -0.15) is 0 Å². The molecule has 0 aromatic carbocycles. The van der Waals surface area contributed by atoms with E-state index in [1.807, 2.05) is 0 Å². The summed E-state index contributed by atoms with van der Waals surface area (Å²) in [7, 11) is 0. The summed E-state index contributed by atoms with van der Waals surface area (Å²) in [6.45, 7) is 0.787. The summed E-state index contributed by atoms with van der Waals surface area (Å²) in [5.74, 6) is 2.55. The first-order valence-corrected chi connectivity index (χ1v) is 4.62.